The molecular weight excluding hydrogens is 883 g/mol. The lowest BCUT2D eigenvalue weighted by atomic mass is 9.99. The number of ether oxygens (including phenoxy) is 3. The summed E-state index contributed by atoms with van der Waals surface area (Å²) in [5.41, 5.74) is 0. The van der Waals surface area contributed by atoms with Gasteiger partial charge in [0.2, 0.25) is 5.91 Å². The Labute approximate surface area is 428 Å². The normalized spacial score (nSPS) is 19.4. The van der Waals surface area contributed by atoms with E-state index in [0.29, 0.717) is 19.4 Å². The summed E-state index contributed by atoms with van der Waals surface area (Å²) in [5, 5.41) is 54.1. The molecule has 0 aliphatic carbocycles. The highest BCUT2D eigenvalue weighted by Crippen LogP contribution is 2.23. The van der Waals surface area contributed by atoms with Crippen LogP contribution in [0.15, 0.2) is 36.5 Å². The summed E-state index contributed by atoms with van der Waals surface area (Å²) in [6.45, 7) is 4.25. The topological polar surface area (TPSA) is 175 Å². The van der Waals surface area contributed by atoms with Gasteiger partial charge in [-0.25, -0.2) is 0 Å². The zero-order chi connectivity index (χ0) is 51.0. The highest BCUT2D eigenvalue weighted by molar-refractivity contribution is 5.76. The molecule has 1 heterocycles. The number of hydrogen-bond donors (Lipinski definition) is 6. The molecule has 1 aliphatic heterocycles. The summed E-state index contributed by atoms with van der Waals surface area (Å²) in [4.78, 5) is 25.1. The number of aliphatic hydroxyl groups is 5. The Kier molecular flexibility index (Phi) is 46.2. The first-order valence-corrected chi connectivity index (χ1v) is 29.3. The molecule has 7 unspecified atom stereocenters. The van der Waals surface area contributed by atoms with E-state index >= 15 is 0 Å². The Balaban J connectivity index is 2.07. The highest BCUT2D eigenvalue weighted by Gasteiger charge is 2.44. The van der Waals surface area contributed by atoms with Gasteiger partial charge in [-0.1, -0.05) is 224 Å². The average molecular weight is 993 g/mol. The first-order valence-electron chi connectivity index (χ1n) is 29.3. The van der Waals surface area contributed by atoms with Crippen molar-refractivity contribution in [3.8, 4) is 0 Å². The number of esters is 1. The van der Waals surface area contributed by atoms with Crippen molar-refractivity contribution in [3.63, 3.8) is 0 Å². The van der Waals surface area contributed by atoms with Crippen LogP contribution in [0.1, 0.15) is 264 Å². The summed E-state index contributed by atoms with van der Waals surface area (Å²) in [7, 11) is 0. The van der Waals surface area contributed by atoms with E-state index < -0.39 is 49.5 Å². The number of carbonyl (C=O) groups excluding carboxylic acids is 2. The van der Waals surface area contributed by atoms with Gasteiger partial charge in [0.15, 0.2) is 6.29 Å². The van der Waals surface area contributed by atoms with Crippen molar-refractivity contribution < 1.29 is 49.3 Å². The molecule has 6 N–H and O–H groups in total. The summed E-state index contributed by atoms with van der Waals surface area (Å²) >= 11 is 0. The van der Waals surface area contributed by atoms with Gasteiger partial charge in [0.05, 0.1) is 32.0 Å². The standard InChI is InChI=1S/C59H109NO10/c1-3-5-7-9-11-13-14-15-16-17-18-21-24-27-31-35-39-43-47-55(64)68-48-44-40-36-32-28-25-22-19-20-23-26-30-34-38-42-46-54(63)60-51(52(62)45-41-37-33-29-12-10-8-6-4-2)50-69-59-58(67)57(66)56(65)53(49-61)70-59/h19,22,25,28,41,45,51-53,56-59,61-62,65-67H,3-18,20-21,23-24,26-27,29-40,42-44,46-50H2,1-2H3,(H,60,63)/b22-19-,28-25-,45-41+. The fourth-order valence-electron chi connectivity index (χ4n) is 9.07. The molecule has 0 aromatic carbocycles. The van der Waals surface area contributed by atoms with Gasteiger partial charge in [-0.3, -0.25) is 9.59 Å². The Hall–Kier alpha value is -2.12. The van der Waals surface area contributed by atoms with Gasteiger partial charge in [0.25, 0.3) is 0 Å². The summed E-state index contributed by atoms with van der Waals surface area (Å²) in [6.07, 6.45) is 49.6. The van der Waals surface area contributed by atoms with Gasteiger partial charge in [0.1, 0.15) is 24.4 Å². The SMILES string of the molecule is CCCCCCCCC/C=C/C(O)C(COC1OC(CO)C(O)C(O)C1O)NC(=O)CCCCCCCC/C=C\C=C/CCCCCOC(=O)CCCCCCCCCCCCCCCCCCCC. The van der Waals surface area contributed by atoms with Crippen LogP contribution in [0.4, 0.5) is 0 Å². The van der Waals surface area contributed by atoms with E-state index in [1.54, 1.807) is 6.08 Å². The molecule has 0 spiro atoms. The smallest absolute Gasteiger partial charge is 0.305 e. The molecule has 1 aliphatic rings. The summed E-state index contributed by atoms with van der Waals surface area (Å²) in [5.74, 6) is -0.244. The molecule has 0 saturated carbocycles. The van der Waals surface area contributed by atoms with Crippen LogP contribution in [0.25, 0.3) is 0 Å². The quantitative estimate of drug-likeness (QED) is 0.0149. The first-order chi connectivity index (χ1) is 34.2. The minimum Gasteiger partial charge on any atom is -0.466 e. The third kappa shape index (κ3) is 38.5. The second-order valence-corrected chi connectivity index (χ2v) is 20.4. The lowest BCUT2D eigenvalue weighted by molar-refractivity contribution is -0.302. The molecule has 11 nitrogen and oxygen atoms in total. The molecule has 70 heavy (non-hydrogen) atoms. The molecule has 0 bridgehead atoms. The Bertz CT molecular complexity index is 1260. The number of amides is 1. The molecule has 1 rings (SSSR count). The maximum Gasteiger partial charge on any atom is 0.305 e. The number of nitrogens with one attached hydrogen (secondary N) is 1. The van der Waals surface area contributed by atoms with Crippen molar-refractivity contribution in [1.82, 2.24) is 5.32 Å². The van der Waals surface area contributed by atoms with Crippen molar-refractivity contribution in [2.45, 2.75) is 307 Å². The highest BCUT2D eigenvalue weighted by atomic mass is 16.7. The second-order valence-electron chi connectivity index (χ2n) is 20.4. The molecule has 11 heteroatoms. The lowest BCUT2D eigenvalue weighted by Crippen LogP contribution is -2.60. The van der Waals surface area contributed by atoms with E-state index in [2.05, 4.69) is 43.5 Å². The van der Waals surface area contributed by atoms with Gasteiger partial charge >= 0.3 is 5.97 Å². The Morgan fingerprint density at radius 3 is 1.41 bits per heavy atom. The monoisotopic (exact) mass is 992 g/mol. The van der Waals surface area contributed by atoms with Crippen LogP contribution in [0.3, 0.4) is 0 Å². The molecule has 7 atom stereocenters. The minimum absolute atomic E-state index is 0.0370. The van der Waals surface area contributed by atoms with Crippen molar-refractivity contribution in [2.75, 3.05) is 19.8 Å². The molecule has 1 saturated heterocycles. The van der Waals surface area contributed by atoms with Crippen LogP contribution in [0.2, 0.25) is 0 Å². The van der Waals surface area contributed by atoms with Crippen LogP contribution in [-0.4, -0.2) is 100 Å². The molecule has 1 amide bonds. The van der Waals surface area contributed by atoms with Gasteiger partial charge in [-0.05, 0) is 64.2 Å². The zero-order valence-corrected chi connectivity index (χ0v) is 45.0. The number of hydrogen-bond acceptors (Lipinski definition) is 10. The van der Waals surface area contributed by atoms with Crippen LogP contribution >= 0.6 is 0 Å². The number of carbonyl (C=O) groups is 2. The van der Waals surface area contributed by atoms with Crippen molar-refractivity contribution in [3.05, 3.63) is 36.5 Å². The molecule has 410 valence electrons. The molecule has 0 aromatic rings. The Morgan fingerprint density at radius 1 is 0.529 bits per heavy atom. The van der Waals surface area contributed by atoms with Crippen molar-refractivity contribution in [1.29, 1.82) is 0 Å². The maximum absolute atomic E-state index is 13.0. The van der Waals surface area contributed by atoms with E-state index in [1.165, 1.54) is 135 Å². The van der Waals surface area contributed by atoms with E-state index in [0.717, 1.165) is 103 Å². The fraction of sp³-hybridized carbons (Fsp3) is 0.864. The third-order valence-corrected chi connectivity index (χ3v) is 13.8. The number of unbranched alkanes of at least 4 members (excludes halogenated alkanes) is 33. The van der Waals surface area contributed by atoms with Crippen LogP contribution in [0, 0.1) is 0 Å². The van der Waals surface area contributed by atoms with E-state index in [4.69, 9.17) is 14.2 Å². The molecule has 1 fully saturated rings. The number of rotatable bonds is 50. The lowest BCUT2D eigenvalue weighted by Gasteiger charge is -2.40. The van der Waals surface area contributed by atoms with Gasteiger partial charge in [-0.2, -0.15) is 0 Å². The van der Waals surface area contributed by atoms with Crippen LogP contribution in [0.5, 0.6) is 0 Å². The average Bonchev–Trinajstić information content (AvgIpc) is 3.36. The molecular formula is C59H109NO10. The van der Waals surface area contributed by atoms with Gasteiger partial charge in [0, 0.05) is 12.8 Å². The van der Waals surface area contributed by atoms with Crippen molar-refractivity contribution >= 4 is 11.9 Å². The summed E-state index contributed by atoms with van der Waals surface area (Å²) in [6, 6.07) is -0.825. The first kappa shape index (κ1) is 65.9. The minimum atomic E-state index is -1.58. The zero-order valence-electron chi connectivity index (χ0n) is 45.0. The number of allylic oxidation sites excluding steroid dienone is 5. The van der Waals surface area contributed by atoms with Crippen LogP contribution < -0.4 is 5.32 Å². The van der Waals surface area contributed by atoms with E-state index in [1.807, 2.05) is 6.08 Å². The third-order valence-electron chi connectivity index (χ3n) is 13.8. The number of aliphatic hydroxyl groups excluding tert-OH is 5. The Morgan fingerprint density at radius 2 is 0.943 bits per heavy atom. The van der Waals surface area contributed by atoms with Crippen molar-refractivity contribution in [2.24, 2.45) is 0 Å². The summed E-state index contributed by atoms with van der Waals surface area (Å²) < 4.78 is 16.6. The molecule has 0 radical (unpaired) electrons. The fourth-order valence-corrected chi connectivity index (χ4v) is 9.07. The van der Waals surface area contributed by atoms with E-state index in [9.17, 15) is 35.1 Å². The predicted molar refractivity (Wildman–Crippen MR) is 287 cm³/mol. The maximum atomic E-state index is 13.0. The largest absolute Gasteiger partial charge is 0.466 e. The predicted octanol–water partition coefficient (Wildman–Crippen LogP) is 13.1. The van der Waals surface area contributed by atoms with Gasteiger partial charge in [-0.15, -0.1) is 0 Å². The molecule has 0 aromatic heterocycles. The van der Waals surface area contributed by atoms with Crippen LogP contribution in [-0.2, 0) is 23.8 Å². The van der Waals surface area contributed by atoms with Gasteiger partial charge < -0.3 is 45.1 Å². The van der Waals surface area contributed by atoms with E-state index in [-0.39, 0.29) is 18.5 Å². The second kappa shape index (κ2) is 49.1.